The zero-order valence-corrected chi connectivity index (χ0v) is 19.9. The number of anilines is 3. The van der Waals surface area contributed by atoms with E-state index in [1.165, 1.54) is 0 Å². The van der Waals surface area contributed by atoms with Crippen molar-refractivity contribution in [2.24, 2.45) is 5.41 Å². The van der Waals surface area contributed by atoms with Crippen LogP contribution in [0.5, 0.6) is 0 Å². The molecule has 2 aromatic rings. The maximum absolute atomic E-state index is 12.0. The molecular weight excluding hydrogens is 408 g/mol. The molecule has 0 heterocycles. The van der Waals surface area contributed by atoms with Gasteiger partial charge in [-0.2, -0.15) is 0 Å². The fourth-order valence-corrected chi connectivity index (χ4v) is 2.77. The van der Waals surface area contributed by atoms with E-state index < -0.39 is 16.6 Å². The van der Waals surface area contributed by atoms with E-state index in [1.807, 2.05) is 6.07 Å². The average Bonchev–Trinajstić information content (AvgIpc) is 2.64. The molecule has 1 amide bonds. The van der Waals surface area contributed by atoms with Gasteiger partial charge in [0.1, 0.15) is 11.3 Å². The lowest BCUT2D eigenvalue weighted by Crippen LogP contribution is -2.37. The van der Waals surface area contributed by atoms with E-state index in [0.29, 0.717) is 23.6 Å². The van der Waals surface area contributed by atoms with Crippen LogP contribution in [0.4, 0.5) is 27.5 Å². The van der Waals surface area contributed by atoms with Crippen molar-refractivity contribution in [2.45, 2.75) is 66.7 Å². The summed E-state index contributed by atoms with van der Waals surface area (Å²) < 4.78 is 5.26. The highest BCUT2D eigenvalue weighted by atomic mass is 16.6. The molecule has 0 saturated heterocycles. The molecule has 0 aliphatic carbocycles. The maximum atomic E-state index is 12.0. The van der Waals surface area contributed by atoms with Crippen LogP contribution in [0, 0.1) is 15.5 Å². The van der Waals surface area contributed by atoms with Gasteiger partial charge in [0.25, 0.3) is 5.69 Å². The van der Waals surface area contributed by atoms with Crippen LogP contribution in [0.2, 0.25) is 0 Å². The van der Waals surface area contributed by atoms with Crippen molar-refractivity contribution in [3.63, 3.8) is 0 Å². The summed E-state index contributed by atoms with van der Waals surface area (Å²) in [5, 5.41) is 20.8. The minimum Gasteiger partial charge on any atom is -0.444 e. The molecule has 0 spiro atoms. The van der Waals surface area contributed by atoms with Gasteiger partial charge >= 0.3 is 6.09 Å². The molecule has 2 aromatic carbocycles. The van der Waals surface area contributed by atoms with Crippen molar-refractivity contribution in [1.29, 1.82) is 0 Å². The van der Waals surface area contributed by atoms with Crippen molar-refractivity contribution in [1.82, 2.24) is 5.32 Å². The second kappa shape index (κ2) is 9.99. The smallest absolute Gasteiger partial charge is 0.412 e. The van der Waals surface area contributed by atoms with Gasteiger partial charge in [0, 0.05) is 30.0 Å². The molecule has 0 fully saturated rings. The molecule has 0 aliphatic rings. The minimum atomic E-state index is -0.609. The van der Waals surface area contributed by atoms with Crippen molar-refractivity contribution in [2.75, 3.05) is 10.6 Å². The van der Waals surface area contributed by atoms with Crippen molar-refractivity contribution >= 4 is 28.8 Å². The average molecular weight is 443 g/mol. The topological polar surface area (TPSA) is 106 Å². The van der Waals surface area contributed by atoms with E-state index in [4.69, 9.17) is 4.74 Å². The molecule has 1 atom stereocenters. The number of nitro benzene ring substituents is 1. The van der Waals surface area contributed by atoms with E-state index in [2.05, 4.69) is 43.6 Å². The third kappa shape index (κ3) is 7.85. The Bertz CT molecular complexity index is 961. The summed E-state index contributed by atoms with van der Waals surface area (Å²) in [7, 11) is 0. The molecule has 0 aliphatic heterocycles. The number of nitro groups is 1. The molecule has 3 N–H and O–H groups in total. The monoisotopic (exact) mass is 442 g/mol. The Morgan fingerprint density at radius 2 is 1.72 bits per heavy atom. The third-order valence-corrected chi connectivity index (χ3v) is 4.96. The molecule has 0 saturated carbocycles. The molecular formula is C24H34N4O4. The van der Waals surface area contributed by atoms with Gasteiger partial charge in [0.15, 0.2) is 0 Å². The zero-order valence-electron chi connectivity index (χ0n) is 19.9. The predicted octanol–water partition coefficient (Wildman–Crippen LogP) is 6.21. The molecule has 8 nitrogen and oxygen atoms in total. The predicted molar refractivity (Wildman–Crippen MR) is 128 cm³/mol. The van der Waals surface area contributed by atoms with Gasteiger partial charge in [-0.3, -0.25) is 15.4 Å². The molecule has 0 unspecified atom stereocenters. The van der Waals surface area contributed by atoms with Crippen molar-refractivity contribution in [3.8, 4) is 0 Å². The van der Waals surface area contributed by atoms with Crippen LogP contribution in [-0.4, -0.2) is 22.7 Å². The lowest BCUT2D eigenvalue weighted by atomic mass is 9.88. The molecule has 2 rings (SSSR count). The molecule has 0 radical (unpaired) electrons. The van der Waals surface area contributed by atoms with E-state index in [1.54, 1.807) is 57.2 Å². The highest BCUT2D eigenvalue weighted by molar-refractivity contribution is 5.86. The summed E-state index contributed by atoms with van der Waals surface area (Å²) in [4.78, 5) is 23.3. The fraction of sp³-hybridized carbons (Fsp3) is 0.458. The fourth-order valence-electron chi connectivity index (χ4n) is 2.77. The first-order valence-corrected chi connectivity index (χ1v) is 10.6. The van der Waals surface area contributed by atoms with Crippen LogP contribution >= 0.6 is 0 Å². The Kier molecular flexibility index (Phi) is 7.85. The first-order chi connectivity index (χ1) is 14.7. The normalized spacial score (nSPS) is 12.7. The molecule has 32 heavy (non-hydrogen) atoms. The van der Waals surface area contributed by atoms with Gasteiger partial charge in [-0.25, -0.2) is 4.79 Å². The molecule has 174 valence electrons. The number of hydrogen-bond acceptors (Lipinski definition) is 6. The number of nitrogens with zero attached hydrogens (tertiary/aromatic N) is 1. The van der Waals surface area contributed by atoms with Gasteiger partial charge in [-0.1, -0.05) is 32.9 Å². The first-order valence-electron chi connectivity index (χ1n) is 10.6. The highest BCUT2D eigenvalue weighted by Crippen LogP contribution is 2.30. The summed E-state index contributed by atoms with van der Waals surface area (Å²) in [5.74, 6) is 0. The van der Waals surface area contributed by atoms with Gasteiger partial charge < -0.3 is 15.4 Å². The number of rotatable bonds is 7. The number of benzene rings is 2. The second-order valence-electron chi connectivity index (χ2n) is 9.91. The lowest BCUT2D eigenvalue weighted by molar-refractivity contribution is -0.384. The number of carbonyl (C=O) groups excluding carboxylic acids is 1. The maximum Gasteiger partial charge on any atom is 0.412 e. The van der Waals surface area contributed by atoms with E-state index in [-0.39, 0.29) is 17.1 Å². The van der Waals surface area contributed by atoms with Crippen LogP contribution in [0.15, 0.2) is 42.5 Å². The number of amides is 1. The van der Waals surface area contributed by atoms with E-state index in [0.717, 1.165) is 5.56 Å². The van der Waals surface area contributed by atoms with Crippen LogP contribution < -0.4 is 16.0 Å². The lowest BCUT2D eigenvalue weighted by Gasteiger charge is -2.28. The number of carbonyl (C=O) groups is 1. The second-order valence-corrected chi connectivity index (χ2v) is 9.91. The number of nitrogens with one attached hydrogen (secondary N) is 3. The summed E-state index contributed by atoms with van der Waals surface area (Å²) in [6.07, 6.45) is -0.568. The summed E-state index contributed by atoms with van der Waals surface area (Å²) >= 11 is 0. The Labute approximate surface area is 189 Å². The van der Waals surface area contributed by atoms with Crippen molar-refractivity contribution in [3.05, 3.63) is 58.1 Å². The standard InChI is InChI=1S/C24H34N4O4/c1-16(23(2,3)4)25-15-17-11-12-20(21(13-17)28(30)31)26-18-9-8-10-19(14-18)27-22(29)32-24(5,6)7/h8-14,16,25-26H,15H2,1-7H3,(H,27,29)/t16-/m0/s1. The van der Waals surface area contributed by atoms with Crippen LogP contribution in [0.1, 0.15) is 54.0 Å². The zero-order chi connectivity index (χ0) is 24.1. The number of hydrogen-bond donors (Lipinski definition) is 3. The van der Waals surface area contributed by atoms with Gasteiger partial charge in [-0.05, 0) is 62.9 Å². The van der Waals surface area contributed by atoms with Crippen LogP contribution in [0.25, 0.3) is 0 Å². The van der Waals surface area contributed by atoms with E-state index in [9.17, 15) is 14.9 Å². The SMILES string of the molecule is C[C@H](NCc1ccc(Nc2cccc(NC(=O)OC(C)(C)C)c2)c([N+](=O)[O-])c1)C(C)(C)C. The van der Waals surface area contributed by atoms with E-state index >= 15 is 0 Å². The Morgan fingerprint density at radius 3 is 2.31 bits per heavy atom. The highest BCUT2D eigenvalue weighted by Gasteiger charge is 2.20. The first kappa shape index (κ1) is 25.1. The summed E-state index contributed by atoms with van der Waals surface area (Å²) in [6, 6.07) is 12.3. The molecule has 0 bridgehead atoms. The summed E-state index contributed by atoms with van der Waals surface area (Å²) in [6.45, 7) is 14.4. The largest absolute Gasteiger partial charge is 0.444 e. The summed E-state index contributed by atoms with van der Waals surface area (Å²) in [5.41, 5.74) is 1.79. The van der Waals surface area contributed by atoms with Gasteiger partial charge in [0.05, 0.1) is 4.92 Å². The molecule has 8 heteroatoms. The Hall–Kier alpha value is -3.13. The van der Waals surface area contributed by atoms with Crippen LogP contribution in [-0.2, 0) is 11.3 Å². The van der Waals surface area contributed by atoms with Crippen LogP contribution in [0.3, 0.4) is 0 Å². The minimum absolute atomic E-state index is 0.0155. The molecule has 0 aromatic heterocycles. The Morgan fingerprint density at radius 1 is 1.06 bits per heavy atom. The Balaban J connectivity index is 2.15. The van der Waals surface area contributed by atoms with Gasteiger partial charge in [0.2, 0.25) is 0 Å². The van der Waals surface area contributed by atoms with Gasteiger partial charge in [-0.15, -0.1) is 0 Å². The third-order valence-electron chi connectivity index (χ3n) is 4.96. The van der Waals surface area contributed by atoms with Crippen molar-refractivity contribution < 1.29 is 14.5 Å². The number of ether oxygens (including phenoxy) is 1. The quantitative estimate of drug-likeness (QED) is 0.348.